The fourth-order valence-corrected chi connectivity index (χ4v) is 1.40. The Morgan fingerprint density at radius 1 is 1.54 bits per heavy atom. The van der Waals surface area contributed by atoms with Crippen molar-refractivity contribution in [1.29, 1.82) is 5.26 Å². The molecular formula is C9H6ClN3. The first-order chi connectivity index (χ1) is 6.35. The molecule has 2 rings (SSSR count). The highest BCUT2D eigenvalue weighted by Crippen LogP contribution is 2.17. The van der Waals surface area contributed by atoms with Crippen molar-refractivity contribution < 1.29 is 0 Å². The van der Waals surface area contributed by atoms with E-state index in [1.165, 1.54) is 0 Å². The molecule has 1 heterocycles. The summed E-state index contributed by atoms with van der Waals surface area (Å²) >= 11 is 5.68. The van der Waals surface area contributed by atoms with Gasteiger partial charge in [-0.2, -0.15) is 10.4 Å². The Morgan fingerprint density at radius 3 is 3.08 bits per heavy atom. The number of nitrogens with one attached hydrogen (secondary N) is 1. The van der Waals surface area contributed by atoms with Gasteiger partial charge in [0.05, 0.1) is 5.52 Å². The Balaban J connectivity index is 2.73. The minimum Gasteiger partial charge on any atom is -0.276 e. The summed E-state index contributed by atoms with van der Waals surface area (Å²) in [5.74, 6) is 0.450. The molecule has 0 fully saturated rings. The van der Waals surface area contributed by atoms with E-state index in [1.807, 2.05) is 24.3 Å². The van der Waals surface area contributed by atoms with Crippen molar-refractivity contribution in [3.63, 3.8) is 0 Å². The fraction of sp³-hybridized carbons (Fsp3) is 0.111. The second kappa shape index (κ2) is 3.08. The number of fused-ring (bicyclic) bond motifs is 1. The van der Waals surface area contributed by atoms with E-state index in [-0.39, 0.29) is 0 Å². The number of nitriles is 1. The first-order valence-electron chi connectivity index (χ1n) is 3.78. The van der Waals surface area contributed by atoms with Crippen molar-refractivity contribution in [3.05, 3.63) is 29.5 Å². The lowest BCUT2D eigenvalue weighted by atomic mass is 10.1. The van der Waals surface area contributed by atoms with Gasteiger partial charge >= 0.3 is 0 Å². The lowest BCUT2D eigenvalue weighted by Crippen LogP contribution is -1.77. The number of rotatable bonds is 1. The highest BCUT2D eigenvalue weighted by molar-refractivity contribution is 6.17. The van der Waals surface area contributed by atoms with Crippen LogP contribution >= 0.6 is 11.6 Å². The van der Waals surface area contributed by atoms with Crippen LogP contribution in [0.3, 0.4) is 0 Å². The first-order valence-corrected chi connectivity index (χ1v) is 4.31. The van der Waals surface area contributed by atoms with Crippen LogP contribution in [0.5, 0.6) is 0 Å². The van der Waals surface area contributed by atoms with E-state index in [9.17, 15) is 0 Å². The van der Waals surface area contributed by atoms with Gasteiger partial charge in [-0.05, 0) is 17.7 Å². The Bertz CT molecular complexity index is 481. The summed E-state index contributed by atoms with van der Waals surface area (Å²) in [5.41, 5.74) is 2.28. The molecule has 13 heavy (non-hydrogen) atoms. The standard InChI is InChI=1S/C9H6ClN3/c10-4-6-1-2-8-7(3-6)9(5-11)13-12-8/h1-3H,4H2,(H,12,13). The molecule has 0 saturated carbocycles. The van der Waals surface area contributed by atoms with Crippen LogP contribution in [0.4, 0.5) is 0 Å². The highest BCUT2D eigenvalue weighted by Gasteiger charge is 2.04. The van der Waals surface area contributed by atoms with Crippen molar-refractivity contribution in [2.75, 3.05) is 0 Å². The van der Waals surface area contributed by atoms with Crippen LogP contribution < -0.4 is 0 Å². The summed E-state index contributed by atoms with van der Waals surface area (Å²) in [6, 6.07) is 7.68. The number of aromatic amines is 1. The molecule has 0 saturated heterocycles. The number of hydrogen-bond acceptors (Lipinski definition) is 2. The van der Waals surface area contributed by atoms with E-state index < -0.39 is 0 Å². The minimum absolute atomic E-state index is 0.418. The molecule has 0 spiro atoms. The minimum atomic E-state index is 0.418. The lowest BCUT2D eigenvalue weighted by molar-refractivity contribution is 1.10. The second-order valence-corrected chi connectivity index (χ2v) is 2.96. The summed E-state index contributed by atoms with van der Waals surface area (Å²) in [6.07, 6.45) is 0. The maximum Gasteiger partial charge on any atom is 0.170 e. The van der Waals surface area contributed by atoms with Crippen molar-refractivity contribution in [1.82, 2.24) is 10.2 Å². The molecule has 0 radical (unpaired) electrons. The van der Waals surface area contributed by atoms with Crippen LogP contribution in [-0.4, -0.2) is 10.2 Å². The molecule has 0 unspecified atom stereocenters. The van der Waals surface area contributed by atoms with Crippen molar-refractivity contribution >= 4 is 22.5 Å². The predicted octanol–water partition coefficient (Wildman–Crippen LogP) is 2.17. The number of halogens is 1. The monoisotopic (exact) mass is 191 g/mol. The fourth-order valence-electron chi connectivity index (χ4n) is 1.23. The Kier molecular flexibility index (Phi) is 1.91. The van der Waals surface area contributed by atoms with Gasteiger partial charge in [-0.15, -0.1) is 11.6 Å². The maximum absolute atomic E-state index is 8.72. The zero-order valence-electron chi connectivity index (χ0n) is 6.71. The van der Waals surface area contributed by atoms with E-state index in [0.717, 1.165) is 16.5 Å². The van der Waals surface area contributed by atoms with Crippen LogP contribution in [0.25, 0.3) is 10.9 Å². The van der Waals surface area contributed by atoms with Crippen LogP contribution in [0.15, 0.2) is 18.2 Å². The van der Waals surface area contributed by atoms with Crippen molar-refractivity contribution in [2.45, 2.75) is 5.88 Å². The molecule has 0 amide bonds. The molecule has 1 N–H and O–H groups in total. The van der Waals surface area contributed by atoms with Crippen LogP contribution in [0, 0.1) is 11.3 Å². The zero-order chi connectivity index (χ0) is 9.26. The van der Waals surface area contributed by atoms with E-state index in [4.69, 9.17) is 16.9 Å². The normalized spacial score (nSPS) is 10.2. The summed E-state index contributed by atoms with van der Waals surface area (Å²) in [4.78, 5) is 0. The lowest BCUT2D eigenvalue weighted by Gasteiger charge is -1.93. The van der Waals surface area contributed by atoms with Gasteiger partial charge in [-0.25, -0.2) is 0 Å². The molecule has 4 heteroatoms. The number of benzene rings is 1. The van der Waals surface area contributed by atoms with Gasteiger partial charge in [0, 0.05) is 11.3 Å². The molecule has 0 aliphatic rings. The number of aromatic nitrogens is 2. The summed E-state index contributed by atoms with van der Waals surface area (Å²) < 4.78 is 0. The largest absolute Gasteiger partial charge is 0.276 e. The SMILES string of the molecule is N#Cc1n[nH]c2ccc(CCl)cc12. The smallest absolute Gasteiger partial charge is 0.170 e. The molecule has 0 bridgehead atoms. The first kappa shape index (κ1) is 8.09. The third-order valence-electron chi connectivity index (χ3n) is 1.89. The molecule has 2 aromatic rings. The van der Waals surface area contributed by atoms with E-state index >= 15 is 0 Å². The Labute approximate surface area is 79.9 Å². The zero-order valence-corrected chi connectivity index (χ0v) is 7.47. The van der Waals surface area contributed by atoms with Gasteiger partial charge in [-0.1, -0.05) is 6.07 Å². The molecule has 0 atom stereocenters. The number of hydrogen-bond donors (Lipinski definition) is 1. The summed E-state index contributed by atoms with van der Waals surface area (Å²) in [6.45, 7) is 0. The van der Waals surface area contributed by atoms with Gasteiger partial charge in [0.25, 0.3) is 0 Å². The van der Waals surface area contributed by atoms with Gasteiger partial charge in [0.1, 0.15) is 6.07 Å². The topological polar surface area (TPSA) is 52.5 Å². The molecule has 3 nitrogen and oxygen atoms in total. The third-order valence-corrected chi connectivity index (χ3v) is 2.20. The third kappa shape index (κ3) is 1.25. The number of alkyl halides is 1. The molecular weight excluding hydrogens is 186 g/mol. The van der Waals surface area contributed by atoms with Crippen LogP contribution in [0.1, 0.15) is 11.3 Å². The number of nitrogens with zero attached hydrogens (tertiary/aromatic N) is 2. The number of H-pyrrole nitrogens is 1. The van der Waals surface area contributed by atoms with Gasteiger partial charge in [0.15, 0.2) is 5.69 Å². The quantitative estimate of drug-likeness (QED) is 0.703. The predicted molar refractivity (Wildman–Crippen MR) is 50.4 cm³/mol. The van der Waals surface area contributed by atoms with E-state index in [2.05, 4.69) is 10.2 Å². The summed E-state index contributed by atoms with van der Waals surface area (Å²) in [7, 11) is 0. The van der Waals surface area contributed by atoms with E-state index in [1.54, 1.807) is 0 Å². The highest BCUT2D eigenvalue weighted by atomic mass is 35.5. The average Bonchev–Trinajstić information content (AvgIpc) is 2.59. The molecule has 64 valence electrons. The Hall–Kier alpha value is -1.53. The maximum atomic E-state index is 8.72. The molecule has 1 aromatic heterocycles. The van der Waals surface area contributed by atoms with Gasteiger partial charge in [0.2, 0.25) is 0 Å². The Morgan fingerprint density at radius 2 is 2.38 bits per heavy atom. The van der Waals surface area contributed by atoms with Crippen LogP contribution in [0.2, 0.25) is 0 Å². The van der Waals surface area contributed by atoms with Gasteiger partial charge < -0.3 is 0 Å². The van der Waals surface area contributed by atoms with Crippen LogP contribution in [-0.2, 0) is 5.88 Å². The van der Waals surface area contributed by atoms with Crippen molar-refractivity contribution in [2.24, 2.45) is 0 Å². The molecule has 1 aromatic carbocycles. The second-order valence-electron chi connectivity index (χ2n) is 2.70. The summed E-state index contributed by atoms with van der Waals surface area (Å²) in [5, 5.41) is 16.2. The van der Waals surface area contributed by atoms with Gasteiger partial charge in [-0.3, -0.25) is 5.10 Å². The average molecular weight is 192 g/mol. The van der Waals surface area contributed by atoms with Crippen molar-refractivity contribution in [3.8, 4) is 6.07 Å². The molecule has 0 aliphatic carbocycles. The van der Waals surface area contributed by atoms with E-state index in [0.29, 0.717) is 11.6 Å². The molecule has 0 aliphatic heterocycles.